The Bertz CT molecular complexity index is 400. The van der Waals surface area contributed by atoms with Crippen LogP contribution in [0.25, 0.3) is 0 Å². The summed E-state index contributed by atoms with van der Waals surface area (Å²) in [6.07, 6.45) is -1.23. The van der Waals surface area contributed by atoms with E-state index in [4.69, 9.17) is 14.6 Å². The summed E-state index contributed by atoms with van der Waals surface area (Å²) in [4.78, 5) is 11.0. The lowest BCUT2D eigenvalue weighted by atomic mass is 10.1. The van der Waals surface area contributed by atoms with E-state index in [1.165, 1.54) is 13.2 Å². The minimum absolute atomic E-state index is 0.0110. The molecule has 5 heteroatoms. The van der Waals surface area contributed by atoms with Crippen molar-refractivity contribution in [3.05, 3.63) is 23.8 Å². The van der Waals surface area contributed by atoms with E-state index in [9.17, 15) is 9.90 Å². The number of rotatable bonds is 5. The Morgan fingerprint density at radius 2 is 2.00 bits per heavy atom. The summed E-state index contributed by atoms with van der Waals surface area (Å²) >= 11 is 0. The van der Waals surface area contributed by atoms with Crippen molar-refractivity contribution in [3.8, 4) is 11.5 Å². The summed E-state index contributed by atoms with van der Waals surface area (Å²) < 4.78 is 10.5. The molecular weight excluding hydrogens is 224 g/mol. The zero-order valence-electron chi connectivity index (χ0n) is 10.0. The molecule has 1 aromatic rings. The molecule has 0 bridgehead atoms. The van der Waals surface area contributed by atoms with Gasteiger partial charge in [-0.3, -0.25) is 0 Å². The summed E-state index contributed by atoms with van der Waals surface area (Å²) in [6.45, 7) is 3.23. The molecule has 0 saturated heterocycles. The molecule has 1 rings (SSSR count). The Morgan fingerprint density at radius 3 is 2.47 bits per heavy atom. The van der Waals surface area contributed by atoms with Gasteiger partial charge in [0.15, 0.2) is 11.5 Å². The number of methoxy groups -OCH3 is 1. The minimum Gasteiger partial charge on any atom is -0.493 e. The number of carboxylic acid groups (broad SMARTS) is 1. The van der Waals surface area contributed by atoms with Crippen LogP contribution in [0.3, 0.4) is 0 Å². The highest BCUT2D eigenvalue weighted by atomic mass is 16.5. The van der Waals surface area contributed by atoms with Crippen molar-refractivity contribution < 1.29 is 24.5 Å². The fourth-order valence-electron chi connectivity index (χ4n) is 1.25. The Morgan fingerprint density at radius 1 is 1.35 bits per heavy atom. The number of aliphatic hydroxyl groups is 1. The first kappa shape index (κ1) is 13.3. The molecule has 5 nitrogen and oxygen atoms in total. The maximum absolute atomic E-state index is 11.0. The van der Waals surface area contributed by atoms with Gasteiger partial charge in [0, 0.05) is 0 Å². The summed E-state index contributed by atoms with van der Waals surface area (Å²) in [7, 11) is 1.43. The van der Waals surface area contributed by atoms with Gasteiger partial charge in [-0.2, -0.15) is 0 Å². The van der Waals surface area contributed by atoms with Crippen molar-refractivity contribution in [3.63, 3.8) is 0 Å². The van der Waals surface area contributed by atoms with Gasteiger partial charge in [-0.05, 0) is 26.0 Å². The predicted octanol–water partition coefficient (Wildman–Crippen LogP) is 1.54. The molecule has 17 heavy (non-hydrogen) atoms. The van der Waals surface area contributed by atoms with Crippen molar-refractivity contribution in [1.82, 2.24) is 0 Å². The van der Waals surface area contributed by atoms with E-state index in [2.05, 4.69) is 0 Å². The van der Waals surface area contributed by atoms with Crippen molar-refractivity contribution in [2.45, 2.75) is 26.1 Å². The quantitative estimate of drug-likeness (QED) is 0.816. The van der Waals surface area contributed by atoms with Gasteiger partial charge in [0.2, 0.25) is 0 Å². The normalized spacial score (nSPS) is 13.9. The number of ether oxygens (including phenoxy) is 2. The largest absolute Gasteiger partial charge is 0.493 e. The molecule has 2 unspecified atom stereocenters. The third-order valence-corrected chi connectivity index (χ3v) is 2.41. The highest BCUT2D eigenvalue weighted by molar-refractivity contribution is 5.92. The van der Waals surface area contributed by atoms with Crippen LogP contribution in [0.5, 0.6) is 11.5 Å². The van der Waals surface area contributed by atoms with Crippen LogP contribution in [0.4, 0.5) is 0 Å². The summed E-state index contributed by atoms with van der Waals surface area (Å²) in [5.74, 6) is -0.634. The number of para-hydroxylation sites is 1. The van der Waals surface area contributed by atoms with Crippen LogP contribution >= 0.6 is 0 Å². The third-order valence-electron chi connectivity index (χ3n) is 2.41. The topological polar surface area (TPSA) is 76.0 Å². The molecule has 0 aliphatic heterocycles. The molecule has 0 heterocycles. The Kier molecular flexibility index (Phi) is 4.34. The first-order valence-corrected chi connectivity index (χ1v) is 5.22. The van der Waals surface area contributed by atoms with E-state index in [1.54, 1.807) is 26.0 Å². The summed E-state index contributed by atoms with van der Waals surface area (Å²) in [5, 5.41) is 18.4. The highest BCUT2D eigenvalue weighted by Crippen LogP contribution is 2.32. The minimum atomic E-state index is -1.10. The number of aromatic carboxylic acids is 1. The molecule has 0 spiro atoms. The third kappa shape index (κ3) is 3.10. The van der Waals surface area contributed by atoms with Gasteiger partial charge < -0.3 is 19.7 Å². The maximum atomic E-state index is 11.0. The number of carbonyl (C=O) groups is 1. The molecule has 0 radical (unpaired) electrons. The zero-order valence-corrected chi connectivity index (χ0v) is 10.0. The van der Waals surface area contributed by atoms with Gasteiger partial charge in [0.25, 0.3) is 0 Å². The molecule has 0 saturated carbocycles. The highest BCUT2D eigenvalue weighted by Gasteiger charge is 2.20. The average Bonchev–Trinajstić information content (AvgIpc) is 2.28. The van der Waals surface area contributed by atoms with Gasteiger partial charge >= 0.3 is 5.97 Å². The second-order valence-electron chi connectivity index (χ2n) is 3.71. The number of hydrogen-bond donors (Lipinski definition) is 2. The van der Waals surface area contributed by atoms with Crippen LogP contribution in [0.15, 0.2) is 18.2 Å². The van der Waals surface area contributed by atoms with E-state index >= 15 is 0 Å². The summed E-state index contributed by atoms with van der Waals surface area (Å²) in [5.41, 5.74) is 0.0110. The Labute approximate surface area is 99.6 Å². The smallest absolute Gasteiger partial charge is 0.339 e. The van der Waals surface area contributed by atoms with Crippen molar-refractivity contribution >= 4 is 5.97 Å². The molecule has 0 aromatic heterocycles. The second kappa shape index (κ2) is 5.54. The molecule has 0 amide bonds. The second-order valence-corrected chi connectivity index (χ2v) is 3.71. The van der Waals surface area contributed by atoms with Crippen molar-refractivity contribution in [2.24, 2.45) is 0 Å². The van der Waals surface area contributed by atoms with E-state index in [0.717, 1.165) is 0 Å². The number of aliphatic hydroxyl groups excluding tert-OH is 1. The van der Waals surface area contributed by atoms with E-state index in [0.29, 0.717) is 5.75 Å². The SMILES string of the molecule is COc1cccc(C(=O)O)c1OC(C)C(C)O. The molecule has 0 fully saturated rings. The van der Waals surface area contributed by atoms with Crippen LogP contribution in [0.1, 0.15) is 24.2 Å². The standard InChI is InChI=1S/C12H16O5/c1-7(13)8(2)17-11-9(12(14)15)5-4-6-10(11)16-3/h4-8,13H,1-3H3,(H,14,15). The lowest BCUT2D eigenvalue weighted by Crippen LogP contribution is -2.26. The number of carboxylic acids is 1. The Balaban J connectivity index is 3.13. The zero-order chi connectivity index (χ0) is 13.0. The average molecular weight is 240 g/mol. The molecule has 1 aromatic carbocycles. The maximum Gasteiger partial charge on any atom is 0.339 e. The molecular formula is C12H16O5. The molecule has 0 aliphatic carbocycles. The first-order valence-electron chi connectivity index (χ1n) is 5.22. The lowest BCUT2D eigenvalue weighted by molar-refractivity contribution is 0.0544. The van der Waals surface area contributed by atoms with Crippen LogP contribution in [-0.4, -0.2) is 35.5 Å². The monoisotopic (exact) mass is 240 g/mol. The fraction of sp³-hybridized carbons (Fsp3) is 0.417. The van der Waals surface area contributed by atoms with E-state index in [-0.39, 0.29) is 11.3 Å². The van der Waals surface area contributed by atoms with Crippen LogP contribution in [0.2, 0.25) is 0 Å². The molecule has 94 valence electrons. The first-order chi connectivity index (χ1) is 7.97. The van der Waals surface area contributed by atoms with Gasteiger partial charge in [-0.1, -0.05) is 6.07 Å². The van der Waals surface area contributed by atoms with Gasteiger partial charge in [0.1, 0.15) is 11.7 Å². The fourth-order valence-corrected chi connectivity index (χ4v) is 1.25. The van der Waals surface area contributed by atoms with Crippen molar-refractivity contribution in [1.29, 1.82) is 0 Å². The van der Waals surface area contributed by atoms with E-state index in [1.807, 2.05) is 0 Å². The number of hydrogen-bond acceptors (Lipinski definition) is 4. The Hall–Kier alpha value is -1.75. The summed E-state index contributed by atoms with van der Waals surface area (Å²) in [6, 6.07) is 4.60. The molecule has 2 atom stereocenters. The van der Waals surface area contributed by atoms with Crippen molar-refractivity contribution in [2.75, 3.05) is 7.11 Å². The predicted molar refractivity (Wildman–Crippen MR) is 61.7 cm³/mol. The molecule has 2 N–H and O–H groups in total. The van der Waals surface area contributed by atoms with Crippen LogP contribution in [0, 0.1) is 0 Å². The van der Waals surface area contributed by atoms with Gasteiger partial charge in [-0.25, -0.2) is 4.79 Å². The number of benzene rings is 1. The molecule has 0 aliphatic rings. The van der Waals surface area contributed by atoms with Gasteiger partial charge in [0.05, 0.1) is 13.2 Å². The van der Waals surface area contributed by atoms with Gasteiger partial charge in [-0.15, -0.1) is 0 Å². The van der Waals surface area contributed by atoms with E-state index < -0.39 is 18.2 Å². The van der Waals surface area contributed by atoms with Crippen LogP contribution in [-0.2, 0) is 0 Å². The lowest BCUT2D eigenvalue weighted by Gasteiger charge is -2.20. The van der Waals surface area contributed by atoms with Crippen LogP contribution < -0.4 is 9.47 Å².